The van der Waals surface area contributed by atoms with Gasteiger partial charge in [0, 0.05) is 27.3 Å². The molecule has 0 aliphatic carbocycles. The monoisotopic (exact) mass is 752 g/mol. The number of aromatic nitrogens is 4. The molecule has 0 saturated heterocycles. The van der Waals surface area contributed by atoms with E-state index in [1.165, 1.54) is 0 Å². The maximum absolute atomic E-state index is 12.8. The molecule has 0 atom stereocenters. The minimum absolute atomic E-state index is 0.0102. The van der Waals surface area contributed by atoms with E-state index in [4.69, 9.17) is 15.0 Å². The Morgan fingerprint density at radius 3 is 1.55 bits per heavy atom. The van der Waals surface area contributed by atoms with Crippen LogP contribution in [0.25, 0.3) is 93.0 Å². The number of hydrogen-bond acceptors (Lipinski definition) is 10. The van der Waals surface area contributed by atoms with Crippen molar-refractivity contribution in [1.82, 2.24) is 19.5 Å². The van der Waals surface area contributed by atoms with Crippen molar-refractivity contribution in [3.8, 4) is 85.5 Å². The molecule has 0 spiro atoms. The van der Waals surface area contributed by atoms with E-state index >= 15 is 0 Å². The Kier molecular flexibility index (Phi) is 7.34. The van der Waals surface area contributed by atoms with Crippen molar-refractivity contribution in [2.45, 2.75) is 0 Å². The predicted octanol–water partition coefficient (Wildman–Crippen LogP) is 10.2. The number of thiophene rings is 1. The zero-order valence-corrected chi connectivity index (χ0v) is 29.9. The second-order valence-corrected chi connectivity index (χ2v) is 14.3. The Balaban J connectivity index is 1.40. The number of aromatic hydroxyl groups is 6. The Hall–Kier alpha value is -7.63. The van der Waals surface area contributed by atoms with Crippen molar-refractivity contribution < 1.29 is 30.6 Å². The first-order chi connectivity index (χ1) is 27.3. The number of hydrogen-bond donors (Lipinski definition) is 6. The van der Waals surface area contributed by atoms with Crippen molar-refractivity contribution >= 4 is 53.3 Å². The Bertz CT molecular complexity index is 3140. The summed E-state index contributed by atoms with van der Waals surface area (Å²) in [7, 11) is 0. The summed E-state index contributed by atoms with van der Waals surface area (Å²) < 4.78 is 2.08. The molecule has 10 aromatic rings. The number of phenolic OH excluding ortho intramolecular Hbond substituents is 6. The summed E-state index contributed by atoms with van der Waals surface area (Å²) in [6.45, 7) is 0. The molecule has 0 unspecified atom stereocenters. The first-order valence-electron chi connectivity index (χ1n) is 17.6. The molecule has 6 N–H and O–H groups in total. The topological polar surface area (TPSA) is 165 Å². The van der Waals surface area contributed by atoms with E-state index in [0.29, 0.717) is 22.2 Å². The molecule has 0 bridgehead atoms. The van der Waals surface area contributed by atoms with E-state index in [1.54, 1.807) is 0 Å². The lowest BCUT2D eigenvalue weighted by molar-refractivity contribution is 0.351. The van der Waals surface area contributed by atoms with Gasteiger partial charge in [0.1, 0.15) is 17.0 Å². The van der Waals surface area contributed by atoms with Gasteiger partial charge >= 0.3 is 0 Å². The van der Waals surface area contributed by atoms with Gasteiger partial charge in [-0.25, -0.2) is 15.0 Å². The molecule has 10 nitrogen and oxygen atoms in total. The summed E-state index contributed by atoms with van der Waals surface area (Å²) >= 11 is 0.925. The van der Waals surface area contributed by atoms with Crippen LogP contribution in [0.2, 0.25) is 0 Å². The third-order valence-electron chi connectivity index (χ3n) is 10.1. The third kappa shape index (κ3) is 4.78. The van der Waals surface area contributed by atoms with Gasteiger partial charge < -0.3 is 35.2 Å². The maximum atomic E-state index is 12.8. The quantitative estimate of drug-likeness (QED) is 0.0741. The van der Waals surface area contributed by atoms with E-state index < -0.39 is 34.5 Å². The highest BCUT2D eigenvalue weighted by Crippen LogP contribution is 2.60. The van der Waals surface area contributed by atoms with Gasteiger partial charge in [-0.1, -0.05) is 121 Å². The SMILES string of the molecule is Oc1c(O)c(O)c2c(sc3c(-n4c5ccccc5c5c(-c6ccccc6)cccc54)c(O)c(-c4nc(-c5ccccc5)nc(-c5ccccc5)n4)c(O)c32)c1O. The average Bonchev–Trinajstić information content (AvgIpc) is 3.81. The van der Waals surface area contributed by atoms with Gasteiger partial charge in [0.05, 0.1) is 25.8 Å². The van der Waals surface area contributed by atoms with Crippen LogP contribution in [-0.2, 0) is 0 Å². The van der Waals surface area contributed by atoms with Gasteiger partial charge in [0.15, 0.2) is 34.7 Å². The highest BCUT2D eigenvalue weighted by atomic mass is 32.1. The number of phenols is 6. The van der Waals surface area contributed by atoms with E-state index in [9.17, 15) is 30.6 Å². The Morgan fingerprint density at radius 1 is 0.393 bits per heavy atom. The molecule has 3 heterocycles. The molecule has 10 rings (SSSR count). The lowest BCUT2D eigenvalue weighted by Crippen LogP contribution is -2.02. The number of para-hydroxylation sites is 1. The lowest BCUT2D eigenvalue weighted by Gasteiger charge is -2.17. The summed E-state index contributed by atoms with van der Waals surface area (Å²) in [5, 5.41) is 70.8. The van der Waals surface area contributed by atoms with Crippen LogP contribution in [0.3, 0.4) is 0 Å². The van der Waals surface area contributed by atoms with Crippen LogP contribution in [0.4, 0.5) is 0 Å². The van der Waals surface area contributed by atoms with E-state index in [-0.39, 0.29) is 48.9 Å². The average molecular weight is 753 g/mol. The van der Waals surface area contributed by atoms with Crippen LogP contribution in [0.5, 0.6) is 34.5 Å². The minimum Gasteiger partial charge on any atom is -0.506 e. The molecule has 0 saturated carbocycles. The molecule has 56 heavy (non-hydrogen) atoms. The molecule has 0 radical (unpaired) electrons. The second-order valence-electron chi connectivity index (χ2n) is 13.3. The molecule has 0 aliphatic rings. The van der Waals surface area contributed by atoms with E-state index in [1.807, 2.05) is 138 Å². The van der Waals surface area contributed by atoms with Gasteiger partial charge in [-0.05, 0) is 23.3 Å². The van der Waals surface area contributed by atoms with Gasteiger partial charge in [-0.15, -0.1) is 11.3 Å². The summed E-state index contributed by atoms with van der Waals surface area (Å²) in [6, 6.07) is 42.1. The number of fused-ring (bicyclic) bond motifs is 6. The van der Waals surface area contributed by atoms with E-state index in [0.717, 1.165) is 33.2 Å². The Labute approximate surface area is 321 Å². The normalized spacial score (nSPS) is 11.6. The zero-order valence-electron chi connectivity index (χ0n) is 29.1. The molecule has 7 aromatic carbocycles. The van der Waals surface area contributed by atoms with Gasteiger partial charge in [0.25, 0.3) is 0 Å². The summed E-state index contributed by atoms with van der Waals surface area (Å²) in [5.41, 5.74) is 4.68. The molecule has 0 aliphatic heterocycles. The third-order valence-corrected chi connectivity index (χ3v) is 11.3. The smallest absolute Gasteiger partial charge is 0.205 e. The molecular formula is C45H28N4O6S. The van der Waals surface area contributed by atoms with Crippen LogP contribution in [0, 0.1) is 0 Å². The molecule has 11 heteroatoms. The molecule has 0 fully saturated rings. The van der Waals surface area contributed by atoms with Gasteiger partial charge in [0.2, 0.25) is 11.5 Å². The Morgan fingerprint density at radius 2 is 0.911 bits per heavy atom. The van der Waals surface area contributed by atoms with Crippen LogP contribution < -0.4 is 0 Å². The van der Waals surface area contributed by atoms with Crippen LogP contribution in [0.15, 0.2) is 133 Å². The summed E-state index contributed by atoms with van der Waals surface area (Å²) in [5.74, 6) is -3.80. The second kappa shape index (κ2) is 12.5. The maximum Gasteiger partial charge on any atom is 0.205 e. The van der Waals surface area contributed by atoms with Crippen molar-refractivity contribution in [3.05, 3.63) is 133 Å². The van der Waals surface area contributed by atoms with Crippen molar-refractivity contribution in [2.24, 2.45) is 0 Å². The fourth-order valence-corrected chi connectivity index (χ4v) is 8.87. The summed E-state index contributed by atoms with van der Waals surface area (Å²) in [4.78, 5) is 14.4. The minimum atomic E-state index is -0.965. The number of nitrogens with zero attached hydrogens (tertiary/aromatic N) is 4. The molecule has 3 aromatic heterocycles. The molecule has 270 valence electrons. The standard InChI is InChI=1S/C45H28N4O6S/c50-35-31-32-37(52)38(53)39(54)40(55)42(32)56-41(31)34(49-28-21-11-10-19-27(28)30-26(20-12-22-29(30)49)23-13-4-1-5-14-23)36(51)33(35)45-47-43(24-15-6-2-7-16-24)46-44(48-45)25-17-8-3-9-18-25/h1-22,50-55H. The highest BCUT2D eigenvalue weighted by Gasteiger charge is 2.32. The first kappa shape index (κ1) is 33.0. The van der Waals surface area contributed by atoms with Crippen molar-refractivity contribution in [3.63, 3.8) is 0 Å². The molecular weight excluding hydrogens is 725 g/mol. The fraction of sp³-hybridized carbons (Fsp3) is 0. The van der Waals surface area contributed by atoms with Gasteiger partial charge in [-0.2, -0.15) is 0 Å². The van der Waals surface area contributed by atoms with Gasteiger partial charge in [-0.3, -0.25) is 0 Å². The first-order valence-corrected chi connectivity index (χ1v) is 18.4. The van der Waals surface area contributed by atoms with Crippen molar-refractivity contribution in [1.29, 1.82) is 0 Å². The fourth-order valence-electron chi connectivity index (χ4n) is 7.59. The van der Waals surface area contributed by atoms with Crippen LogP contribution in [-0.4, -0.2) is 50.2 Å². The van der Waals surface area contributed by atoms with Crippen LogP contribution in [0.1, 0.15) is 0 Å². The molecule has 0 amide bonds. The van der Waals surface area contributed by atoms with E-state index in [2.05, 4.69) is 0 Å². The van der Waals surface area contributed by atoms with Crippen molar-refractivity contribution in [2.75, 3.05) is 0 Å². The predicted molar refractivity (Wildman–Crippen MR) is 219 cm³/mol. The number of benzene rings is 7. The highest BCUT2D eigenvalue weighted by molar-refractivity contribution is 7.26. The largest absolute Gasteiger partial charge is 0.506 e. The lowest BCUT2D eigenvalue weighted by atomic mass is 9.99. The number of rotatable bonds is 5. The van der Waals surface area contributed by atoms with Crippen LogP contribution >= 0.6 is 11.3 Å². The zero-order chi connectivity index (χ0) is 38.2. The summed E-state index contributed by atoms with van der Waals surface area (Å²) in [6.07, 6.45) is 0.